The van der Waals surface area contributed by atoms with Crippen LogP contribution in [0.25, 0.3) is 10.9 Å². The molecule has 1 fully saturated rings. The van der Waals surface area contributed by atoms with Crippen molar-refractivity contribution in [2.75, 3.05) is 38.5 Å². The lowest BCUT2D eigenvalue weighted by atomic mass is 10.2. The van der Waals surface area contributed by atoms with E-state index in [4.69, 9.17) is 4.74 Å². The van der Waals surface area contributed by atoms with Gasteiger partial charge in [0, 0.05) is 38.6 Å². The minimum absolute atomic E-state index is 0. The Kier molecular flexibility index (Phi) is 9.15. The number of rotatable bonds is 5. The number of hydrogen-bond acceptors (Lipinski definition) is 5. The van der Waals surface area contributed by atoms with Crippen LogP contribution in [-0.4, -0.2) is 66.8 Å². The van der Waals surface area contributed by atoms with Crippen molar-refractivity contribution in [2.45, 2.75) is 38.8 Å². The second kappa shape index (κ2) is 11.4. The first-order valence-electron chi connectivity index (χ1n) is 10.4. The van der Waals surface area contributed by atoms with Gasteiger partial charge in [-0.05, 0) is 45.4 Å². The number of pyridine rings is 1. The Balaban J connectivity index is 0.00000341. The van der Waals surface area contributed by atoms with Crippen molar-refractivity contribution in [3.05, 3.63) is 36.4 Å². The third kappa shape index (κ3) is 7.71. The number of guanidine groups is 1. The number of aliphatic imine (C=N–C) groups is 1. The van der Waals surface area contributed by atoms with E-state index in [1.54, 1.807) is 7.05 Å². The summed E-state index contributed by atoms with van der Waals surface area (Å²) in [5.74, 6) is 1.69. The number of nitrogens with zero attached hydrogens (tertiary/aromatic N) is 3. The molecule has 1 saturated heterocycles. The number of halogens is 1. The summed E-state index contributed by atoms with van der Waals surface area (Å²) in [6, 6.07) is 12.2. The second-order valence-electron chi connectivity index (χ2n) is 8.37. The monoisotopic (exact) mass is 540 g/mol. The molecule has 170 valence electrons. The van der Waals surface area contributed by atoms with E-state index in [1.165, 1.54) is 0 Å². The van der Waals surface area contributed by atoms with Crippen molar-refractivity contribution in [2.24, 2.45) is 4.99 Å². The Morgan fingerprint density at radius 2 is 2.00 bits per heavy atom. The molecule has 2 heterocycles. The zero-order chi connectivity index (χ0) is 21.6. The fraction of sp³-hybridized carbons (Fsp3) is 0.500. The van der Waals surface area contributed by atoms with Crippen LogP contribution in [0, 0.1) is 0 Å². The second-order valence-corrected chi connectivity index (χ2v) is 8.37. The lowest BCUT2D eigenvalue weighted by Crippen LogP contribution is -2.45. The van der Waals surface area contributed by atoms with Gasteiger partial charge in [0.25, 0.3) is 0 Å². The number of carbonyl (C=O) groups excluding carboxylic acids is 1. The molecule has 1 amide bonds. The maximum Gasteiger partial charge on any atom is 0.407 e. The Bertz CT molecular complexity index is 899. The minimum atomic E-state index is -0.493. The molecule has 1 aromatic heterocycles. The third-order valence-corrected chi connectivity index (χ3v) is 4.73. The van der Waals surface area contributed by atoms with Gasteiger partial charge >= 0.3 is 6.09 Å². The van der Waals surface area contributed by atoms with Crippen molar-refractivity contribution < 1.29 is 9.53 Å². The van der Waals surface area contributed by atoms with Gasteiger partial charge in [-0.1, -0.05) is 18.2 Å². The molecule has 31 heavy (non-hydrogen) atoms. The SMILES string of the molecule is CN=C(NCCNc1ccc2ccccc2n1)N1CCC(NC(=O)OC(C)(C)C)C1.I. The highest BCUT2D eigenvalue weighted by molar-refractivity contribution is 14.0. The first-order valence-corrected chi connectivity index (χ1v) is 10.4. The molecule has 0 aliphatic carbocycles. The van der Waals surface area contributed by atoms with Crippen LogP contribution in [0.1, 0.15) is 27.2 Å². The number of alkyl carbamates (subject to hydrolysis) is 1. The Morgan fingerprint density at radius 3 is 2.74 bits per heavy atom. The number of amides is 1. The Hall–Kier alpha value is -2.30. The maximum absolute atomic E-state index is 12.0. The molecule has 0 radical (unpaired) electrons. The summed E-state index contributed by atoms with van der Waals surface area (Å²) in [7, 11) is 1.77. The molecule has 3 rings (SSSR count). The highest BCUT2D eigenvalue weighted by Crippen LogP contribution is 2.14. The molecule has 1 unspecified atom stereocenters. The first kappa shape index (κ1) is 25.0. The van der Waals surface area contributed by atoms with Gasteiger partial charge in [0.05, 0.1) is 11.6 Å². The van der Waals surface area contributed by atoms with E-state index in [0.717, 1.165) is 42.2 Å². The summed E-state index contributed by atoms with van der Waals surface area (Å²) in [6.07, 6.45) is 0.489. The number of nitrogens with one attached hydrogen (secondary N) is 3. The fourth-order valence-electron chi connectivity index (χ4n) is 3.41. The highest BCUT2D eigenvalue weighted by atomic mass is 127. The smallest absolute Gasteiger partial charge is 0.407 e. The normalized spacial score (nSPS) is 16.6. The molecule has 8 nitrogen and oxygen atoms in total. The predicted octanol–water partition coefficient (Wildman–Crippen LogP) is 3.44. The highest BCUT2D eigenvalue weighted by Gasteiger charge is 2.27. The molecule has 1 aliphatic heterocycles. The van der Waals surface area contributed by atoms with E-state index < -0.39 is 5.60 Å². The lowest BCUT2D eigenvalue weighted by Gasteiger charge is -2.23. The minimum Gasteiger partial charge on any atom is -0.444 e. The molecule has 1 aliphatic rings. The molecular formula is C22H33IN6O2. The van der Waals surface area contributed by atoms with Crippen LogP contribution in [0.4, 0.5) is 10.6 Å². The summed E-state index contributed by atoms with van der Waals surface area (Å²) < 4.78 is 5.34. The average molecular weight is 540 g/mol. The molecule has 0 bridgehead atoms. The van der Waals surface area contributed by atoms with Gasteiger partial charge in [-0.25, -0.2) is 9.78 Å². The van der Waals surface area contributed by atoms with Crippen molar-refractivity contribution in [1.82, 2.24) is 20.5 Å². The summed E-state index contributed by atoms with van der Waals surface area (Å²) >= 11 is 0. The number of ether oxygens (including phenoxy) is 1. The van der Waals surface area contributed by atoms with Crippen LogP contribution >= 0.6 is 24.0 Å². The number of aromatic nitrogens is 1. The van der Waals surface area contributed by atoms with Crippen molar-refractivity contribution in [3.8, 4) is 0 Å². The molecule has 3 N–H and O–H groups in total. The van der Waals surface area contributed by atoms with Gasteiger partial charge in [-0.3, -0.25) is 4.99 Å². The predicted molar refractivity (Wildman–Crippen MR) is 136 cm³/mol. The van der Waals surface area contributed by atoms with Gasteiger partial charge in [-0.15, -0.1) is 24.0 Å². The first-order chi connectivity index (χ1) is 14.3. The van der Waals surface area contributed by atoms with Crippen LogP contribution < -0.4 is 16.0 Å². The summed E-state index contributed by atoms with van der Waals surface area (Å²) in [4.78, 5) is 23.1. The topological polar surface area (TPSA) is 90.9 Å². The molecular weight excluding hydrogens is 507 g/mol. The van der Waals surface area contributed by atoms with E-state index in [9.17, 15) is 4.79 Å². The standard InChI is InChI=1S/C22H32N6O2.HI/c1-22(2,3)30-21(29)26-17-11-14-28(15-17)20(23-4)25-13-12-24-19-10-9-16-7-5-6-8-18(16)27-19;/h5-10,17H,11-15H2,1-4H3,(H,23,25)(H,24,27)(H,26,29);1H. The number of para-hydroxylation sites is 1. The van der Waals surface area contributed by atoms with Gasteiger partial charge in [0.2, 0.25) is 0 Å². The number of benzene rings is 1. The average Bonchev–Trinajstić information content (AvgIpc) is 3.14. The number of hydrogen-bond donors (Lipinski definition) is 3. The van der Waals surface area contributed by atoms with Crippen LogP contribution in [-0.2, 0) is 4.74 Å². The van der Waals surface area contributed by atoms with E-state index in [1.807, 2.05) is 45.0 Å². The van der Waals surface area contributed by atoms with Gasteiger partial charge in [0.15, 0.2) is 5.96 Å². The third-order valence-electron chi connectivity index (χ3n) is 4.73. The van der Waals surface area contributed by atoms with E-state index in [-0.39, 0.29) is 36.1 Å². The van der Waals surface area contributed by atoms with Gasteiger partial charge in [0.1, 0.15) is 11.4 Å². The number of anilines is 1. The number of carbonyl (C=O) groups is 1. The molecule has 0 saturated carbocycles. The Labute approximate surface area is 201 Å². The van der Waals surface area contributed by atoms with E-state index in [2.05, 4.69) is 43.0 Å². The number of likely N-dealkylation sites (tertiary alicyclic amines) is 1. The van der Waals surface area contributed by atoms with Crippen LogP contribution in [0.2, 0.25) is 0 Å². The van der Waals surface area contributed by atoms with Gasteiger partial charge in [-0.2, -0.15) is 0 Å². The number of fused-ring (bicyclic) bond motifs is 1. The zero-order valence-corrected chi connectivity index (χ0v) is 21.0. The van der Waals surface area contributed by atoms with Gasteiger partial charge < -0.3 is 25.6 Å². The largest absolute Gasteiger partial charge is 0.444 e. The van der Waals surface area contributed by atoms with E-state index in [0.29, 0.717) is 13.1 Å². The molecule has 1 atom stereocenters. The van der Waals surface area contributed by atoms with Crippen LogP contribution in [0.15, 0.2) is 41.4 Å². The van der Waals surface area contributed by atoms with Crippen molar-refractivity contribution >= 4 is 52.8 Å². The fourth-order valence-corrected chi connectivity index (χ4v) is 3.41. The van der Waals surface area contributed by atoms with Crippen molar-refractivity contribution in [1.29, 1.82) is 0 Å². The maximum atomic E-state index is 12.0. The molecule has 2 aromatic rings. The summed E-state index contributed by atoms with van der Waals surface area (Å²) in [6.45, 7) is 8.56. The van der Waals surface area contributed by atoms with Crippen LogP contribution in [0.5, 0.6) is 0 Å². The molecule has 9 heteroatoms. The zero-order valence-electron chi connectivity index (χ0n) is 18.6. The van der Waals surface area contributed by atoms with Crippen molar-refractivity contribution in [3.63, 3.8) is 0 Å². The Morgan fingerprint density at radius 1 is 1.23 bits per heavy atom. The quantitative estimate of drug-likeness (QED) is 0.233. The van der Waals surface area contributed by atoms with Crippen LogP contribution in [0.3, 0.4) is 0 Å². The molecule has 1 aromatic carbocycles. The lowest BCUT2D eigenvalue weighted by molar-refractivity contribution is 0.0507. The summed E-state index contributed by atoms with van der Waals surface area (Å²) in [5.41, 5.74) is 0.485. The summed E-state index contributed by atoms with van der Waals surface area (Å²) in [5, 5.41) is 10.8. The van der Waals surface area contributed by atoms with E-state index >= 15 is 0 Å². The molecule has 0 spiro atoms.